The van der Waals surface area contributed by atoms with E-state index in [9.17, 15) is 0 Å². The third-order valence-corrected chi connectivity index (χ3v) is 13.9. The van der Waals surface area contributed by atoms with Crippen LogP contribution in [0.15, 0.2) is 194 Å². The van der Waals surface area contributed by atoms with E-state index in [1.807, 2.05) is 0 Å². The van der Waals surface area contributed by atoms with Gasteiger partial charge < -0.3 is 0 Å². The molecule has 0 aliphatic carbocycles. The maximum atomic E-state index is 2.52. The third kappa shape index (κ3) is 3.92. The van der Waals surface area contributed by atoms with Gasteiger partial charge in [-0.05, 0) is 110 Å². The SMILES string of the molecule is c1ccc2c(B3c4c(ccc5ccccc45)-c4cc5ccc6c7c(cc8ccc(c43)c5c86)-c3ccc4ccccc4c3B7c3cccc4ccccc34)cccc2c1. The molecule has 0 saturated heterocycles. The lowest BCUT2D eigenvalue weighted by Gasteiger charge is -2.21. The largest absolute Gasteiger partial charge is 0.245 e. The van der Waals surface area contributed by atoms with E-state index in [0.717, 1.165) is 0 Å². The van der Waals surface area contributed by atoms with Gasteiger partial charge in [-0.15, -0.1) is 0 Å². The van der Waals surface area contributed by atoms with Crippen LogP contribution in [0.5, 0.6) is 0 Å². The third-order valence-electron chi connectivity index (χ3n) is 13.9. The van der Waals surface area contributed by atoms with Crippen molar-refractivity contribution in [2.75, 3.05) is 0 Å². The first-order valence-corrected chi connectivity index (χ1v) is 20.6. The van der Waals surface area contributed by atoms with Crippen LogP contribution in [0.2, 0.25) is 0 Å². The van der Waals surface area contributed by atoms with Crippen LogP contribution in [0.25, 0.3) is 97.7 Å². The van der Waals surface area contributed by atoms with E-state index in [0.29, 0.717) is 0 Å². The summed E-state index contributed by atoms with van der Waals surface area (Å²) in [6, 6.07) is 73.9. The highest BCUT2D eigenvalue weighted by atomic mass is 14.3. The average Bonchev–Trinajstić information content (AvgIpc) is 3.80. The molecule has 0 nitrogen and oxygen atoms in total. The molecule has 2 aliphatic heterocycles. The van der Waals surface area contributed by atoms with Gasteiger partial charge in [-0.1, -0.05) is 215 Å². The lowest BCUT2D eigenvalue weighted by atomic mass is 9.37. The fraction of sp³-hybridized carbons (Fsp3) is 0. The van der Waals surface area contributed by atoms with Gasteiger partial charge in [0.2, 0.25) is 13.4 Å². The summed E-state index contributed by atoms with van der Waals surface area (Å²) in [6.45, 7) is 0.188. The van der Waals surface area contributed by atoms with Crippen LogP contribution in [0.4, 0.5) is 0 Å². The van der Waals surface area contributed by atoms with Crippen molar-refractivity contribution in [1.29, 1.82) is 0 Å². The minimum Gasteiger partial charge on any atom is -0.0663 e. The Morgan fingerprint density at radius 1 is 0.224 bits per heavy atom. The summed E-state index contributed by atoms with van der Waals surface area (Å²) in [6.07, 6.45) is 0. The van der Waals surface area contributed by atoms with Crippen molar-refractivity contribution in [3.05, 3.63) is 194 Å². The smallest absolute Gasteiger partial charge is 0.0663 e. The molecule has 0 radical (unpaired) electrons. The van der Waals surface area contributed by atoms with Crippen molar-refractivity contribution in [3.8, 4) is 22.3 Å². The van der Waals surface area contributed by atoms with Crippen LogP contribution in [-0.4, -0.2) is 13.4 Å². The molecular weight excluding hydrogens is 694 g/mol. The van der Waals surface area contributed by atoms with E-state index in [1.165, 1.54) is 130 Å². The van der Waals surface area contributed by atoms with Gasteiger partial charge in [0.25, 0.3) is 0 Å². The summed E-state index contributed by atoms with van der Waals surface area (Å²) < 4.78 is 0. The molecular formula is C56H32B2. The molecule has 2 heteroatoms. The van der Waals surface area contributed by atoms with E-state index < -0.39 is 0 Å². The summed E-state index contributed by atoms with van der Waals surface area (Å²) in [5, 5.41) is 18.6. The van der Waals surface area contributed by atoms with Crippen molar-refractivity contribution < 1.29 is 0 Å². The molecule has 0 N–H and O–H groups in total. The van der Waals surface area contributed by atoms with E-state index in [-0.39, 0.29) is 13.4 Å². The zero-order valence-electron chi connectivity index (χ0n) is 31.6. The van der Waals surface area contributed by atoms with Gasteiger partial charge in [-0.3, -0.25) is 0 Å². The zero-order valence-corrected chi connectivity index (χ0v) is 31.6. The van der Waals surface area contributed by atoms with E-state index in [1.54, 1.807) is 0 Å². The molecule has 0 unspecified atom stereocenters. The number of hydrogen-bond acceptors (Lipinski definition) is 0. The summed E-state index contributed by atoms with van der Waals surface area (Å²) in [7, 11) is 0. The van der Waals surface area contributed by atoms with E-state index in [4.69, 9.17) is 0 Å². The monoisotopic (exact) mass is 726 g/mol. The predicted molar refractivity (Wildman–Crippen MR) is 253 cm³/mol. The molecule has 262 valence electrons. The summed E-state index contributed by atoms with van der Waals surface area (Å²) in [5.74, 6) is 0. The van der Waals surface area contributed by atoms with Crippen molar-refractivity contribution in [2.45, 2.75) is 0 Å². The molecule has 58 heavy (non-hydrogen) atoms. The summed E-state index contributed by atoms with van der Waals surface area (Å²) in [4.78, 5) is 0. The topological polar surface area (TPSA) is 0 Å². The number of rotatable bonds is 2. The van der Waals surface area contributed by atoms with Gasteiger partial charge in [-0.2, -0.15) is 0 Å². The van der Waals surface area contributed by atoms with Crippen molar-refractivity contribution in [3.63, 3.8) is 0 Å². The first kappa shape index (κ1) is 31.0. The fourth-order valence-corrected chi connectivity index (χ4v) is 11.7. The first-order valence-electron chi connectivity index (χ1n) is 20.6. The highest BCUT2D eigenvalue weighted by Gasteiger charge is 2.40. The lowest BCUT2D eigenvalue weighted by Crippen LogP contribution is -2.50. The number of hydrogen-bond donors (Lipinski definition) is 0. The second kappa shape index (κ2) is 11.2. The number of benzene rings is 12. The molecule has 0 atom stereocenters. The van der Waals surface area contributed by atoms with Gasteiger partial charge in [-0.25, -0.2) is 0 Å². The molecule has 0 amide bonds. The van der Waals surface area contributed by atoms with Crippen molar-refractivity contribution in [2.24, 2.45) is 0 Å². The zero-order chi connectivity index (χ0) is 37.6. The molecule has 0 spiro atoms. The molecule has 0 saturated carbocycles. The normalized spacial score (nSPS) is 13.1. The second-order valence-electron chi connectivity index (χ2n) is 16.6. The van der Waals surface area contributed by atoms with Crippen LogP contribution in [0.3, 0.4) is 0 Å². The average molecular weight is 726 g/mol. The molecule has 2 aliphatic rings. The molecule has 0 aromatic heterocycles. The van der Waals surface area contributed by atoms with Crippen molar-refractivity contribution >= 4 is 122 Å². The molecule has 2 heterocycles. The van der Waals surface area contributed by atoms with Crippen LogP contribution in [0.1, 0.15) is 0 Å². The summed E-state index contributed by atoms with van der Waals surface area (Å²) in [5.41, 5.74) is 13.9. The molecule has 14 rings (SSSR count). The Morgan fingerprint density at radius 3 is 1.02 bits per heavy atom. The standard InChI is InChI=1S/C56H32B2/c1-5-17-39-33(11-1)15-9-21-49(39)57-53-41-19-7-3-13-35(41)23-27-43(53)47-31-37-26-30-46-52-38(25-29-45(51(37)52)55(47)57)32-48-44-28-24-36-14-4-8-20-42(36)54(44)58(56(46)48)50-22-10-16-34-12-2-6-18-40(34)50/h1-32H. The predicted octanol–water partition coefficient (Wildman–Crippen LogP) is 10.2. The molecule has 12 aromatic carbocycles. The van der Waals surface area contributed by atoms with E-state index >= 15 is 0 Å². The van der Waals surface area contributed by atoms with E-state index in [2.05, 4.69) is 194 Å². The molecule has 0 fully saturated rings. The fourth-order valence-electron chi connectivity index (χ4n) is 11.7. The quantitative estimate of drug-likeness (QED) is 0.123. The summed E-state index contributed by atoms with van der Waals surface area (Å²) >= 11 is 0. The van der Waals surface area contributed by atoms with Crippen LogP contribution in [0, 0.1) is 0 Å². The minimum absolute atomic E-state index is 0.0940. The van der Waals surface area contributed by atoms with Gasteiger partial charge in [0.05, 0.1) is 0 Å². The Bertz CT molecular complexity index is 3510. The second-order valence-corrected chi connectivity index (χ2v) is 16.6. The maximum absolute atomic E-state index is 2.52. The Hall–Kier alpha value is -7.15. The lowest BCUT2D eigenvalue weighted by molar-refractivity contribution is 1.75. The molecule has 12 aromatic rings. The maximum Gasteiger partial charge on any atom is 0.245 e. The van der Waals surface area contributed by atoms with Crippen LogP contribution in [-0.2, 0) is 0 Å². The Morgan fingerprint density at radius 2 is 0.569 bits per heavy atom. The Labute approximate surface area is 336 Å². The molecule has 0 bridgehead atoms. The van der Waals surface area contributed by atoms with Gasteiger partial charge in [0.15, 0.2) is 0 Å². The minimum atomic E-state index is 0.0940. The number of fused-ring (bicyclic) bond motifs is 14. The van der Waals surface area contributed by atoms with Gasteiger partial charge in [0.1, 0.15) is 0 Å². The van der Waals surface area contributed by atoms with Crippen molar-refractivity contribution in [1.82, 2.24) is 0 Å². The highest BCUT2D eigenvalue weighted by molar-refractivity contribution is 7.04. The van der Waals surface area contributed by atoms with Gasteiger partial charge in [0, 0.05) is 0 Å². The Balaban J connectivity index is 1.12. The Kier molecular flexibility index (Phi) is 6.01. The van der Waals surface area contributed by atoms with Crippen LogP contribution >= 0.6 is 0 Å². The van der Waals surface area contributed by atoms with Gasteiger partial charge >= 0.3 is 0 Å². The van der Waals surface area contributed by atoms with Crippen LogP contribution < -0.4 is 32.8 Å². The first-order chi connectivity index (χ1) is 28.8. The highest BCUT2D eigenvalue weighted by Crippen LogP contribution is 2.42.